The first-order valence-electron chi connectivity index (χ1n) is 5.44. The summed E-state index contributed by atoms with van der Waals surface area (Å²) in [5.74, 6) is -4.41. The quantitative estimate of drug-likeness (QED) is 0.608. The molecule has 4 N–H and O–H groups in total. The number of fused-ring (bicyclic) bond motifs is 1. The Morgan fingerprint density at radius 3 is 2.43 bits per heavy atom. The highest BCUT2D eigenvalue weighted by molar-refractivity contribution is 6.38. The highest BCUT2D eigenvalue weighted by Crippen LogP contribution is 2.26. The minimum atomic E-state index is -1.73. The van der Waals surface area contributed by atoms with Crippen molar-refractivity contribution in [1.82, 2.24) is 4.98 Å². The number of hydrogen-bond acceptors (Lipinski definition) is 4. The maximum atomic E-state index is 12.0. The van der Waals surface area contributed by atoms with Crippen LogP contribution in [-0.2, 0) is 9.59 Å². The van der Waals surface area contributed by atoms with Crippen molar-refractivity contribution in [2.75, 3.05) is 5.32 Å². The minimum Gasteiger partial charge on any atom is -0.477 e. The lowest BCUT2D eigenvalue weighted by Gasteiger charge is -2.08. The molecule has 1 aromatic heterocycles. The Hall–Kier alpha value is -2.87. The average molecular weight is 311 g/mol. The van der Waals surface area contributed by atoms with E-state index in [1.165, 1.54) is 12.1 Å². The number of benzene rings is 1. The Morgan fingerprint density at radius 2 is 1.86 bits per heavy atom. The van der Waals surface area contributed by atoms with Crippen LogP contribution in [-0.4, -0.2) is 33.0 Å². The third-order valence-corrected chi connectivity index (χ3v) is 2.92. The van der Waals surface area contributed by atoms with Crippen LogP contribution in [0.25, 0.3) is 10.9 Å². The normalized spacial score (nSPS) is 10.3. The second-order valence-electron chi connectivity index (χ2n) is 3.96. The summed E-state index contributed by atoms with van der Waals surface area (Å²) in [4.78, 5) is 47.0. The van der Waals surface area contributed by atoms with E-state index in [-0.39, 0.29) is 27.3 Å². The highest BCUT2D eigenvalue weighted by atomic mass is 35.5. The van der Waals surface area contributed by atoms with Crippen molar-refractivity contribution in [3.8, 4) is 0 Å². The van der Waals surface area contributed by atoms with Crippen LogP contribution in [0.15, 0.2) is 23.0 Å². The largest absolute Gasteiger partial charge is 0.477 e. The van der Waals surface area contributed by atoms with Gasteiger partial charge in [-0.25, -0.2) is 9.59 Å². The Labute approximate surface area is 121 Å². The van der Waals surface area contributed by atoms with Gasteiger partial charge in [0.25, 0.3) is 0 Å². The summed E-state index contributed by atoms with van der Waals surface area (Å²) in [5, 5.41) is 19.4. The zero-order chi connectivity index (χ0) is 15.7. The first-order valence-corrected chi connectivity index (χ1v) is 5.82. The summed E-state index contributed by atoms with van der Waals surface area (Å²) < 4.78 is 0. The maximum Gasteiger partial charge on any atom is 0.394 e. The zero-order valence-electron chi connectivity index (χ0n) is 10.1. The molecule has 0 aliphatic carbocycles. The molecular formula is C12H7ClN2O6. The molecule has 9 heteroatoms. The van der Waals surface area contributed by atoms with Crippen molar-refractivity contribution in [1.29, 1.82) is 0 Å². The number of amides is 1. The fourth-order valence-electron chi connectivity index (χ4n) is 1.72. The Morgan fingerprint density at radius 1 is 1.19 bits per heavy atom. The van der Waals surface area contributed by atoms with E-state index in [9.17, 15) is 19.2 Å². The number of carbonyl (C=O) groups excluding carboxylic acids is 1. The van der Waals surface area contributed by atoms with Gasteiger partial charge in [0.15, 0.2) is 5.43 Å². The number of carbonyl (C=O) groups is 3. The SMILES string of the molecule is O=C(O)C(=O)Nc1ccc(Cl)c2[nH]c(C(=O)O)cc(=O)c12. The van der Waals surface area contributed by atoms with Gasteiger partial charge >= 0.3 is 17.8 Å². The fraction of sp³-hybridized carbons (Fsp3) is 0. The van der Waals surface area contributed by atoms with Crippen LogP contribution in [0.3, 0.4) is 0 Å². The van der Waals surface area contributed by atoms with Crippen LogP contribution in [0.5, 0.6) is 0 Å². The van der Waals surface area contributed by atoms with Gasteiger partial charge in [-0.3, -0.25) is 9.59 Å². The molecule has 0 spiro atoms. The number of anilines is 1. The number of hydrogen-bond donors (Lipinski definition) is 4. The van der Waals surface area contributed by atoms with Crippen LogP contribution < -0.4 is 10.7 Å². The number of carboxylic acids is 2. The van der Waals surface area contributed by atoms with Crippen molar-refractivity contribution < 1.29 is 24.6 Å². The molecule has 0 aliphatic rings. The highest BCUT2D eigenvalue weighted by Gasteiger charge is 2.17. The monoisotopic (exact) mass is 310 g/mol. The summed E-state index contributed by atoms with van der Waals surface area (Å²) in [7, 11) is 0. The molecule has 1 heterocycles. The average Bonchev–Trinajstić information content (AvgIpc) is 2.41. The number of halogens is 1. The van der Waals surface area contributed by atoms with Crippen LogP contribution in [0.4, 0.5) is 5.69 Å². The summed E-state index contributed by atoms with van der Waals surface area (Å²) in [5.41, 5.74) is -1.19. The summed E-state index contributed by atoms with van der Waals surface area (Å²) in [6.45, 7) is 0. The molecule has 0 saturated carbocycles. The lowest BCUT2D eigenvalue weighted by atomic mass is 10.1. The van der Waals surface area contributed by atoms with E-state index in [1.54, 1.807) is 0 Å². The molecule has 0 bridgehead atoms. The van der Waals surface area contributed by atoms with Gasteiger partial charge in [-0.2, -0.15) is 0 Å². The molecule has 0 aliphatic heterocycles. The number of nitrogens with one attached hydrogen (secondary N) is 2. The van der Waals surface area contributed by atoms with Gasteiger partial charge in [-0.1, -0.05) is 11.6 Å². The number of carboxylic acid groups (broad SMARTS) is 2. The molecule has 108 valence electrons. The topological polar surface area (TPSA) is 137 Å². The summed E-state index contributed by atoms with van der Waals surface area (Å²) >= 11 is 5.88. The van der Waals surface area contributed by atoms with Gasteiger partial charge in [-0.05, 0) is 12.1 Å². The first-order chi connectivity index (χ1) is 9.81. The maximum absolute atomic E-state index is 12.0. The molecule has 21 heavy (non-hydrogen) atoms. The van der Waals surface area contributed by atoms with Crippen molar-refractivity contribution in [2.24, 2.45) is 0 Å². The molecule has 1 aromatic carbocycles. The van der Waals surface area contributed by atoms with E-state index in [2.05, 4.69) is 4.98 Å². The van der Waals surface area contributed by atoms with Gasteiger partial charge < -0.3 is 20.5 Å². The minimum absolute atomic E-state index is 0.00949. The van der Waals surface area contributed by atoms with Crippen molar-refractivity contribution in [3.05, 3.63) is 39.1 Å². The standard InChI is InChI=1S/C12H7ClN2O6/c13-4-1-2-5(15-10(17)12(20)21)8-7(16)3-6(11(18)19)14-9(4)8/h1-3H,(H,14,16)(H,15,17)(H,18,19)(H,20,21). The van der Waals surface area contributed by atoms with Gasteiger partial charge in [0.2, 0.25) is 0 Å². The third kappa shape index (κ3) is 2.70. The number of aromatic nitrogens is 1. The summed E-state index contributed by atoms with van der Waals surface area (Å²) in [6.07, 6.45) is 0. The van der Waals surface area contributed by atoms with Crippen LogP contribution in [0.1, 0.15) is 10.5 Å². The molecule has 0 unspecified atom stereocenters. The van der Waals surface area contributed by atoms with Gasteiger partial charge in [0.1, 0.15) is 5.69 Å². The molecule has 0 atom stereocenters. The first kappa shape index (κ1) is 14.5. The number of aromatic carboxylic acids is 1. The van der Waals surface area contributed by atoms with Gasteiger partial charge in [-0.15, -0.1) is 0 Å². The van der Waals surface area contributed by atoms with E-state index >= 15 is 0 Å². The third-order valence-electron chi connectivity index (χ3n) is 2.61. The molecule has 8 nitrogen and oxygen atoms in total. The van der Waals surface area contributed by atoms with Crippen molar-refractivity contribution in [3.63, 3.8) is 0 Å². The van der Waals surface area contributed by atoms with Crippen molar-refractivity contribution >= 4 is 46.0 Å². The lowest BCUT2D eigenvalue weighted by Crippen LogP contribution is -2.23. The molecule has 0 saturated heterocycles. The Kier molecular flexibility index (Phi) is 3.64. The van der Waals surface area contributed by atoms with Crippen LogP contribution in [0.2, 0.25) is 5.02 Å². The predicted molar refractivity (Wildman–Crippen MR) is 72.8 cm³/mol. The Bertz CT molecular complexity index is 841. The second kappa shape index (κ2) is 5.25. The zero-order valence-corrected chi connectivity index (χ0v) is 10.9. The smallest absolute Gasteiger partial charge is 0.394 e. The number of H-pyrrole nitrogens is 1. The van der Waals surface area contributed by atoms with E-state index in [0.717, 1.165) is 6.07 Å². The van der Waals surface area contributed by atoms with Crippen molar-refractivity contribution in [2.45, 2.75) is 0 Å². The Balaban J connectivity index is 2.73. The van der Waals surface area contributed by atoms with Crippen LogP contribution in [0, 0.1) is 0 Å². The van der Waals surface area contributed by atoms with Gasteiger partial charge in [0, 0.05) is 6.07 Å². The number of rotatable bonds is 2. The molecule has 2 aromatic rings. The lowest BCUT2D eigenvalue weighted by molar-refractivity contribution is -0.147. The molecule has 0 radical (unpaired) electrons. The van der Waals surface area contributed by atoms with Crippen LogP contribution >= 0.6 is 11.6 Å². The predicted octanol–water partition coefficient (Wildman–Crippen LogP) is 0.903. The number of pyridine rings is 1. The number of aromatic amines is 1. The fourth-order valence-corrected chi connectivity index (χ4v) is 1.93. The van der Waals surface area contributed by atoms with E-state index in [1.807, 2.05) is 5.32 Å². The molecular weight excluding hydrogens is 304 g/mol. The molecule has 2 rings (SSSR count). The van der Waals surface area contributed by atoms with E-state index < -0.39 is 23.3 Å². The molecule has 0 fully saturated rings. The van der Waals surface area contributed by atoms with E-state index in [4.69, 9.17) is 21.8 Å². The summed E-state index contributed by atoms with van der Waals surface area (Å²) in [6, 6.07) is 3.36. The van der Waals surface area contributed by atoms with E-state index in [0.29, 0.717) is 0 Å². The van der Waals surface area contributed by atoms with Gasteiger partial charge in [0.05, 0.1) is 21.6 Å². The molecule has 1 amide bonds. The second-order valence-corrected chi connectivity index (χ2v) is 4.36. The number of aliphatic carboxylic acids is 1.